The van der Waals surface area contributed by atoms with E-state index >= 15 is 0 Å². The maximum atomic E-state index is 11.6. The maximum Gasteiger partial charge on any atom is 0.317 e. The van der Waals surface area contributed by atoms with Crippen LogP contribution in [0.2, 0.25) is 0 Å². The number of hydrogen-bond acceptors (Lipinski definition) is 6. The van der Waals surface area contributed by atoms with Gasteiger partial charge in [-0.1, -0.05) is 36.4 Å². The summed E-state index contributed by atoms with van der Waals surface area (Å²) in [7, 11) is 0. The van der Waals surface area contributed by atoms with Crippen molar-refractivity contribution in [3.8, 4) is 5.75 Å². The molecule has 0 bridgehead atoms. The van der Waals surface area contributed by atoms with Gasteiger partial charge >= 0.3 is 11.9 Å². The second-order valence-electron chi connectivity index (χ2n) is 7.45. The standard InChI is InChI=1S/C22H22O6/c23-19-11-15(22(26)28-19)9-13-5-7-17(8-6-13)27-12-16-10-14-3-1-2-4-18(14)21(25)20(16)24/h1-8,15-16,20-21,24-25H,9-12H2. The zero-order valence-corrected chi connectivity index (χ0v) is 15.3. The van der Waals surface area contributed by atoms with Crippen molar-refractivity contribution in [2.45, 2.75) is 31.5 Å². The van der Waals surface area contributed by atoms with Crippen molar-refractivity contribution in [2.75, 3.05) is 6.61 Å². The number of aliphatic hydroxyl groups excluding tert-OH is 2. The molecule has 2 aromatic rings. The SMILES string of the molecule is O=C1CC(Cc2ccc(OCC3Cc4ccccc4C(O)C3O)cc2)C(=O)O1. The topological polar surface area (TPSA) is 93.1 Å². The zero-order chi connectivity index (χ0) is 19.7. The normalized spacial score (nSPS) is 26.6. The third-order valence-electron chi connectivity index (χ3n) is 5.49. The number of aliphatic hydroxyl groups is 2. The number of carbonyl (C=O) groups excluding carboxylic acids is 2. The average Bonchev–Trinajstić information content (AvgIpc) is 3.01. The van der Waals surface area contributed by atoms with Crippen LogP contribution in [0.5, 0.6) is 5.75 Å². The monoisotopic (exact) mass is 382 g/mol. The van der Waals surface area contributed by atoms with Crippen molar-refractivity contribution >= 4 is 11.9 Å². The van der Waals surface area contributed by atoms with Crippen LogP contribution >= 0.6 is 0 Å². The van der Waals surface area contributed by atoms with Crippen LogP contribution in [0.4, 0.5) is 0 Å². The molecule has 6 heteroatoms. The molecule has 6 nitrogen and oxygen atoms in total. The smallest absolute Gasteiger partial charge is 0.317 e. The van der Waals surface area contributed by atoms with Crippen LogP contribution in [0.25, 0.3) is 0 Å². The Morgan fingerprint density at radius 2 is 1.75 bits per heavy atom. The molecule has 0 spiro atoms. The van der Waals surface area contributed by atoms with Crippen molar-refractivity contribution in [3.05, 3.63) is 65.2 Å². The molecule has 4 atom stereocenters. The minimum atomic E-state index is -0.908. The highest BCUT2D eigenvalue weighted by Gasteiger charge is 2.35. The van der Waals surface area contributed by atoms with Gasteiger partial charge in [-0.05, 0) is 41.7 Å². The molecule has 1 heterocycles. The van der Waals surface area contributed by atoms with E-state index < -0.39 is 30.1 Å². The molecule has 1 saturated heterocycles. The highest BCUT2D eigenvalue weighted by molar-refractivity contribution is 5.94. The molecule has 2 aromatic carbocycles. The Bertz CT molecular complexity index is 875. The summed E-state index contributed by atoms with van der Waals surface area (Å²) in [5, 5.41) is 20.8. The van der Waals surface area contributed by atoms with Crippen LogP contribution in [0.3, 0.4) is 0 Å². The van der Waals surface area contributed by atoms with Crippen LogP contribution in [0, 0.1) is 11.8 Å². The molecule has 2 N–H and O–H groups in total. The Balaban J connectivity index is 1.35. The highest BCUT2D eigenvalue weighted by atomic mass is 16.6. The molecule has 0 saturated carbocycles. The minimum Gasteiger partial charge on any atom is -0.493 e. The Morgan fingerprint density at radius 3 is 2.46 bits per heavy atom. The number of esters is 2. The van der Waals surface area contributed by atoms with E-state index in [0.717, 1.165) is 16.7 Å². The highest BCUT2D eigenvalue weighted by Crippen LogP contribution is 2.34. The van der Waals surface area contributed by atoms with Gasteiger partial charge in [0.25, 0.3) is 0 Å². The summed E-state index contributed by atoms with van der Waals surface area (Å²) in [5.41, 5.74) is 2.73. The van der Waals surface area contributed by atoms with E-state index in [-0.39, 0.29) is 18.9 Å². The fourth-order valence-electron chi connectivity index (χ4n) is 3.90. The summed E-state index contributed by atoms with van der Waals surface area (Å²) in [6.07, 6.45) is -0.560. The van der Waals surface area contributed by atoms with Gasteiger partial charge in [-0.3, -0.25) is 9.59 Å². The van der Waals surface area contributed by atoms with Gasteiger partial charge in [-0.2, -0.15) is 0 Å². The number of carbonyl (C=O) groups is 2. The van der Waals surface area contributed by atoms with Crippen molar-refractivity contribution in [1.29, 1.82) is 0 Å². The fraction of sp³-hybridized carbons (Fsp3) is 0.364. The molecule has 0 radical (unpaired) electrons. The molecule has 1 fully saturated rings. The lowest BCUT2D eigenvalue weighted by Crippen LogP contribution is -2.37. The number of cyclic esters (lactones) is 2. The van der Waals surface area contributed by atoms with Gasteiger partial charge in [-0.25, -0.2) is 0 Å². The largest absolute Gasteiger partial charge is 0.493 e. The van der Waals surface area contributed by atoms with Gasteiger partial charge in [0.2, 0.25) is 0 Å². The Labute approximate surface area is 162 Å². The summed E-state index contributed by atoms with van der Waals surface area (Å²) in [6, 6.07) is 14.9. The van der Waals surface area contributed by atoms with E-state index in [9.17, 15) is 19.8 Å². The average molecular weight is 382 g/mol. The third-order valence-corrected chi connectivity index (χ3v) is 5.49. The first-order chi connectivity index (χ1) is 13.5. The molecule has 146 valence electrons. The zero-order valence-electron chi connectivity index (χ0n) is 15.3. The molecular formula is C22H22O6. The first kappa shape index (κ1) is 18.7. The quantitative estimate of drug-likeness (QED) is 0.607. The molecule has 1 aliphatic carbocycles. The number of hydrogen-bond donors (Lipinski definition) is 2. The lowest BCUT2D eigenvalue weighted by molar-refractivity contribution is -0.153. The molecule has 2 aliphatic rings. The Kier molecular flexibility index (Phi) is 5.15. The van der Waals surface area contributed by atoms with E-state index in [4.69, 9.17) is 4.74 Å². The lowest BCUT2D eigenvalue weighted by atomic mass is 9.80. The van der Waals surface area contributed by atoms with E-state index in [2.05, 4.69) is 4.74 Å². The number of ether oxygens (including phenoxy) is 2. The summed E-state index contributed by atoms with van der Waals surface area (Å²) < 4.78 is 10.4. The van der Waals surface area contributed by atoms with Crippen molar-refractivity contribution < 1.29 is 29.3 Å². The molecule has 4 unspecified atom stereocenters. The molecule has 28 heavy (non-hydrogen) atoms. The fourth-order valence-corrected chi connectivity index (χ4v) is 3.90. The van der Waals surface area contributed by atoms with Gasteiger partial charge in [0.15, 0.2) is 0 Å². The second kappa shape index (κ2) is 7.73. The molecule has 0 aromatic heterocycles. The van der Waals surface area contributed by atoms with Gasteiger partial charge in [0.1, 0.15) is 11.9 Å². The van der Waals surface area contributed by atoms with Gasteiger partial charge < -0.3 is 19.7 Å². The number of fused-ring (bicyclic) bond motifs is 1. The first-order valence-corrected chi connectivity index (χ1v) is 9.41. The van der Waals surface area contributed by atoms with Crippen LogP contribution in [-0.2, 0) is 27.2 Å². The molecule has 0 amide bonds. The van der Waals surface area contributed by atoms with Crippen molar-refractivity contribution in [2.24, 2.45) is 11.8 Å². The summed E-state index contributed by atoms with van der Waals surface area (Å²) in [6.45, 7) is 0.287. The summed E-state index contributed by atoms with van der Waals surface area (Å²) in [4.78, 5) is 22.7. The van der Waals surface area contributed by atoms with Crippen molar-refractivity contribution in [3.63, 3.8) is 0 Å². The summed E-state index contributed by atoms with van der Waals surface area (Å²) in [5.74, 6) is -0.906. The lowest BCUT2D eigenvalue weighted by Gasteiger charge is -2.33. The number of rotatable bonds is 5. The second-order valence-corrected chi connectivity index (χ2v) is 7.45. The summed E-state index contributed by atoms with van der Waals surface area (Å²) >= 11 is 0. The Hall–Kier alpha value is -2.70. The van der Waals surface area contributed by atoms with Gasteiger partial charge in [-0.15, -0.1) is 0 Å². The van der Waals surface area contributed by atoms with Crippen molar-refractivity contribution in [1.82, 2.24) is 0 Å². The van der Waals surface area contributed by atoms with E-state index in [1.54, 1.807) is 12.1 Å². The van der Waals surface area contributed by atoms with Crippen LogP contribution in [0.1, 0.15) is 29.2 Å². The van der Waals surface area contributed by atoms with Gasteiger partial charge in [0.05, 0.1) is 25.0 Å². The van der Waals surface area contributed by atoms with E-state index in [1.165, 1.54) is 0 Å². The van der Waals surface area contributed by atoms with E-state index in [1.807, 2.05) is 36.4 Å². The van der Waals surface area contributed by atoms with Gasteiger partial charge in [0, 0.05) is 5.92 Å². The predicted octanol–water partition coefficient (Wildman–Crippen LogP) is 1.96. The molecular weight excluding hydrogens is 360 g/mol. The van der Waals surface area contributed by atoms with Crippen LogP contribution in [0.15, 0.2) is 48.5 Å². The maximum absolute atomic E-state index is 11.6. The number of benzene rings is 2. The van der Waals surface area contributed by atoms with Crippen LogP contribution < -0.4 is 4.74 Å². The molecule has 4 rings (SSSR count). The predicted molar refractivity (Wildman–Crippen MR) is 99.4 cm³/mol. The van der Waals surface area contributed by atoms with Crippen LogP contribution in [-0.4, -0.2) is 34.9 Å². The third kappa shape index (κ3) is 3.79. The molecule has 1 aliphatic heterocycles. The first-order valence-electron chi connectivity index (χ1n) is 9.41. The minimum absolute atomic E-state index is 0.125. The van der Waals surface area contributed by atoms with E-state index in [0.29, 0.717) is 18.6 Å². The Morgan fingerprint density at radius 1 is 1.00 bits per heavy atom.